The van der Waals surface area contributed by atoms with Crippen molar-refractivity contribution in [1.29, 1.82) is 5.26 Å². The van der Waals surface area contributed by atoms with E-state index in [2.05, 4.69) is 21.4 Å². The van der Waals surface area contributed by atoms with Crippen molar-refractivity contribution in [3.05, 3.63) is 47.6 Å². The Balaban J connectivity index is 2.01. The van der Waals surface area contributed by atoms with Gasteiger partial charge in [0.15, 0.2) is 5.82 Å². The smallest absolute Gasteiger partial charge is 0.151 e. The molecule has 86 valence electrons. The average Bonchev–Trinajstić information content (AvgIpc) is 2.88. The van der Waals surface area contributed by atoms with E-state index in [-0.39, 0.29) is 0 Å². The number of hydrogen-bond donors (Lipinski definition) is 1. The van der Waals surface area contributed by atoms with Gasteiger partial charge in [0.2, 0.25) is 0 Å². The summed E-state index contributed by atoms with van der Waals surface area (Å²) in [6.07, 6.45) is 1.53. The lowest BCUT2D eigenvalue weighted by Gasteiger charge is -2.06. The Morgan fingerprint density at radius 1 is 1.22 bits per heavy atom. The molecule has 0 amide bonds. The van der Waals surface area contributed by atoms with Crippen LogP contribution in [0, 0.1) is 11.3 Å². The molecule has 0 unspecified atom stereocenters. The van der Waals surface area contributed by atoms with Crippen LogP contribution in [0.3, 0.4) is 0 Å². The Morgan fingerprint density at radius 2 is 2.17 bits per heavy atom. The molecule has 2 aromatic heterocycles. The molecule has 0 saturated heterocycles. The maximum atomic E-state index is 8.87. The fourth-order valence-electron chi connectivity index (χ4n) is 1.68. The number of fused-ring (bicyclic) bond motifs is 1. The van der Waals surface area contributed by atoms with Crippen LogP contribution in [0.4, 0.5) is 11.5 Å². The van der Waals surface area contributed by atoms with Crippen molar-refractivity contribution >= 4 is 33.1 Å². The summed E-state index contributed by atoms with van der Waals surface area (Å²) in [5.41, 5.74) is 2.40. The minimum absolute atomic E-state index is 0.622. The summed E-state index contributed by atoms with van der Waals surface area (Å²) in [6, 6.07) is 11.4. The highest BCUT2D eigenvalue weighted by atomic mass is 32.1. The number of benzene rings is 1. The van der Waals surface area contributed by atoms with Crippen molar-refractivity contribution in [1.82, 2.24) is 9.97 Å². The van der Waals surface area contributed by atoms with Gasteiger partial charge in [-0.15, -0.1) is 11.3 Å². The van der Waals surface area contributed by atoms with Gasteiger partial charge in [-0.3, -0.25) is 0 Å². The topological polar surface area (TPSA) is 61.6 Å². The Hall–Kier alpha value is -2.45. The summed E-state index contributed by atoms with van der Waals surface area (Å²) in [4.78, 5) is 8.42. The molecule has 0 aliphatic heterocycles. The Morgan fingerprint density at radius 3 is 3.06 bits per heavy atom. The number of nitriles is 1. The molecule has 3 rings (SSSR count). The zero-order valence-electron chi connectivity index (χ0n) is 9.29. The molecule has 1 aromatic carbocycles. The zero-order chi connectivity index (χ0) is 12.4. The molecule has 0 atom stereocenters. The number of anilines is 2. The fourth-order valence-corrected chi connectivity index (χ4v) is 2.47. The van der Waals surface area contributed by atoms with E-state index in [0.717, 1.165) is 21.7 Å². The minimum atomic E-state index is 0.622. The number of rotatable bonds is 2. The molecular weight excluding hydrogens is 244 g/mol. The summed E-state index contributed by atoms with van der Waals surface area (Å²) in [5, 5.41) is 14.1. The molecule has 5 heteroatoms. The van der Waals surface area contributed by atoms with Crippen LogP contribution in [0.5, 0.6) is 0 Å². The molecule has 18 heavy (non-hydrogen) atoms. The van der Waals surface area contributed by atoms with Gasteiger partial charge in [0.25, 0.3) is 0 Å². The van der Waals surface area contributed by atoms with Crippen molar-refractivity contribution < 1.29 is 0 Å². The molecule has 0 aliphatic rings. The number of aromatic nitrogens is 2. The lowest BCUT2D eigenvalue weighted by Crippen LogP contribution is -1.94. The lowest BCUT2D eigenvalue weighted by atomic mass is 10.2. The monoisotopic (exact) mass is 252 g/mol. The Labute approximate surface area is 108 Å². The lowest BCUT2D eigenvalue weighted by molar-refractivity contribution is 1.23. The molecule has 0 saturated carbocycles. The molecule has 0 spiro atoms. The van der Waals surface area contributed by atoms with Crippen LogP contribution in [-0.2, 0) is 0 Å². The summed E-state index contributed by atoms with van der Waals surface area (Å²) in [6.45, 7) is 0. The highest BCUT2D eigenvalue weighted by Crippen LogP contribution is 2.27. The van der Waals surface area contributed by atoms with Crippen molar-refractivity contribution in [2.75, 3.05) is 5.32 Å². The van der Waals surface area contributed by atoms with E-state index in [4.69, 9.17) is 5.26 Å². The molecule has 1 N–H and O–H groups in total. The second-order valence-electron chi connectivity index (χ2n) is 3.67. The van der Waals surface area contributed by atoms with E-state index in [1.165, 1.54) is 6.33 Å². The second kappa shape index (κ2) is 4.43. The van der Waals surface area contributed by atoms with E-state index in [1.54, 1.807) is 23.5 Å². The first-order chi connectivity index (χ1) is 8.86. The van der Waals surface area contributed by atoms with Gasteiger partial charge in [0, 0.05) is 5.69 Å². The van der Waals surface area contributed by atoms with Gasteiger partial charge in [-0.1, -0.05) is 6.07 Å². The predicted octanol–water partition coefficient (Wildman–Crippen LogP) is 3.31. The van der Waals surface area contributed by atoms with E-state index in [0.29, 0.717) is 5.56 Å². The minimum Gasteiger partial charge on any atom is -0.339 e. The maximum absolute atomic E-state index is 8.87. The van der Waals surface area contributed by atoms with Gasteiger partial charge in [-0.25, -0.2) is 9.97 Å². The molecule has 3 aromatic rings. The summed E-state index contributed by atoms with van der Waals surface area (Å²) < 4.78 is 1.01. The van der Waals surface area contributed by atoms with Crippen LogP contribution in [0.25, 0.3) is 10.2 Å². The van der Waals surface area contributed by atoms with E-state index in [9.17, 15) is 0 Å². The van der Waals surface area contributed by atoms with Gasteiger partial charge in [0.1, 0.15) is 6.33 Å². The van der Waals surface area contributed by atoms with Crippen LogP contribution >= 0.6 is 11.3 Å². The van der Waals surface area contributed by atoms with Crippen LogP contribution in [-0.4, -0.2) is 9.97 Å². The summed E-state index contributed by atoms with van der Waals surface area (Å²) in [5.74, 6) is 0.769. The number of nitrogens with zero attached hydrogens (tertiary/aromatic N) is 3. The second-order valence-corrected chi connectivity index (χ2v) is 4.59. The molecule has 0 bridgehead atoms. The maximum Gasteiger partial charge on any atom is 0.151 e. The highest BCUT2D eigenvalue weighted by Gasteiger charge is 2.05. The third-order valence-electron chi connectivity index (χ3n) is 2.50. The van der Waals surface area contributed by atoms with E-state index < -0.39 is 0 Å². The van der Waals surface area contributed by atoms with Gasteiger partial charge in [0.05, 0.1) is 21.8 Å². The first-order valence-corrected chi connectivity index (χ1v) is 6.20. The molecule has 0 aliphatic carbocycles. The third-order valence-corrected chi connectivity index (χ3v) is 3.41. The molecule has 2 heterocycles. The normalized spacial score (nSPS) is 10.2. The van der Waals surface area contributed by atoms with E-state index >= 15 is 0 Å². The van der Waals surface area contributed by atoms with Gasteiger partial charge in [-0.05, 0) is 29.6 Å². The Bertz CT molecular complexity index is 742. The van der Waals surface area contributed by atoms with E-state index in [1.807, 2.05) is 23.6 Å². The van der Waals surface area contributed by atoms with Crippen molar-refractivity contribution in [3.8, 4) is 6.07 Å². The van der Waals surface area contributed by atoms with Gasteiger partial charge in [-0.2, -0.15) is 5.26 Å². The fraction of sp³-hybridized carbons (Fsp3) is 0. The first kappa shape index (κ1) is 10.7. The molecule has 0 fully saturated rings. The molecular formula is C13H8N4S. The van der Waals surface area contributed by atoms with Crippen molar-refractivity contribution in [2.45, 2.75) is 0 Å². The van der Waals surface area contributed by atoms with Crippen LogP contribution in [0.1, 0.15) is 5.56 Å². The Kier molecular flexibility index (Phi) is 2.63. The number of nitrogens with one attached hydrogen (secondary N) is 1. The quantitative estimate of drug-likeness (QED) is 0.760. The molecule has 0 radical (unpaired) electrons. The van der Waals surface area contributed by atoms with Crippen molar-refractivity contribution in [3.63, 3.8) is 0 Å². The van der Waals surface area contributed by atoms with Crippen LogP contribution in [0.2, 0.25) is 0 Å². The average molecular weight is 252 g/mol. The summed E-state index contributed by atoms with van der Waals surface area (Å²) in [7, 11) is 0. The highest BCUT2D eigenvalue weighted by molar-refractivity contribution is 7.17. The standard InChI is InChI=1S/C13H8N4S/c14-7-9-2-1-3-10(6-9)17-13-12-11(4-5-18-12)15-8-16-13/h1-6,8H,(H,15,16,17). The van der Waals surface area contributed by atoms with Gasteiger partial charge < -0.3 is 5.32 Å². The van der Waals surface area contributed by atoms with Crippen molar-refractivity contribution in [2.24, 2.45) is 0 Å². The molecule has 4 nitrogen and oxygen atoms in total. The predicted molar refractivity (Wildman–Crippen MR) is 71.9 cm³/mol. The number of thiophene rings is 1. The first-order valence-electron chi connectivity index (χ1n) is 5.32. The zero-order valence-corrected chi connectivity index (χ0v) is 10.1. The SMILES string of the molecule is N#Cc1cccc(Nc2ncnc3ccsc23)c1. The summed E-state index contributed by atoms with van der Waals surface area (Å²) >= 11 is 1.59. The third kappa shape index (κ3) is 1.90. The van der Waals surface area contributed by atoms with Gasteiger partial charge >= 0.3 is 0 Å². The van der Waals surface area contributed by atoms with Crippen LogP contribution < -0.4 is 5.32 Å². The van der Waals surface area contributed by atoms with Crippen LogP contribution in [0.15, 0.2) is 42.0 Å². The largest absolute Gasteiger partial charge is 0.339 e. The number of hydrogen-bond acceptors (Lipinski definition) is 5.